The Kier molecular flexibility index (Phi) is 12.1. The number of unbranched alkanes of at least 4 members (excludes halogenated alkanes) is 5. The van der Waals surface area contributed by atoms with Crippen molar-refractivity contribution in [2.45, 2.75) is 58.4 Å². The Morgan fingerprint density at radius 3 is 2.06 bits per heavy atom. The molecule has 0 aliphatic heterocycles. The van der Waals surface area contributed by atoms with Crippen LogP contribution >= 0.6 is 11.8 Å². The van der Waals surface area contributed by atoms with Gasteiger partial charge in [-0.05, 0) is 25.6 Å². The molecule has 0 bridgehead atoms. The van der Waals surface area contributed by atoms with Crippen molar-refractivity contribution >= 4 is 17.0 Å². The molecule has 0 aromatic carbocycles. The third-order valence-corrected chi connectivity index (χ3v) is 3.13. The van der Waals surface area contributed by atoms with E-state index in [9.17, 15) is 4.79 Å². The minimum Gasteiger partial charge on any atom is -0.347 e. The van der Waals surface area contributed by atoms with Gasteiger partial charge < -0.3 is 10.6 Å². The Bertz CT molecular complexity index is 186. The molecule has 2 N–H and O–H groups in total. The Hall–Kier alpha value is -0.220. The summed E-state index contributed by atoms with van der Waals surface area (Å²) in [5.74, 6) is 0. The van der Waals surface area contributed by atoms with Gasteiger partial charge in [0.05, 0.1) is 0 Å². The molecule has 0 aromatic rings. The van der Waals surface area contributed by atoms with E-state index in [0.717, 1.165) is 19.5 Å². The first-order valence-electron chi connectivity index (χ1n) is 6.72. The van der Waals surface area contributed by atoms with Crippen LogP contribution in [0.3, 0.4) is 0 Å². The highest BCUT2D eigenvalue weighted by Crippen LogP contribution is 2.04. The van der Waals surface area contributed by atoms with Gasteiger partial charge in [-0.1, -0.05) is 51.3 Å². The van der Waals surface area contributed by atoms with E-state index in [-0.39, 0.29) is 5.24 Å². The highest BCUT2D eigenvalue weighted by molar-refractivity contribution is 8.12. The minimum atomic E-state index is 0.0877. The number of hydrogen-bond donors (Lipinski definition) is 2. The van der Waals surface area contributed by atoms with E-state index in [4.69, 9.17) is 0 Å². The average molecular weight is 260 g/mol. The quantitative estimate of drug-likeness (QED) is 0.592. The molecule has 0 atom stereocenters. The summed E-state index contributed by atoms with van der Waals surface area (Å²) in [7, 11) is 0. The number of carbonyl (C=O) groups is 1. The van der Waals surface area contributed by atoms with Crippen molar-refractivity contribution in [3.63, 3.8) is 0 Å². The Morgan fingerprint density at radius 2 is 1.53 bits per heavy atom. The third-order valence-electron chi connectivity index (χ3n) is 2.61. The topological polar surface area (TPSA) is 41.1 Å². The van der Waals surface area contributed by atoms with Crippen LogP contribution in [-0.4, -0.2) is 30.6 Å². The molecule has 0 saturated carbocycles. The van der Waals surface area contributed by atoms with Crippen LogP contribution in [0.2, 0.25) is 0 Å². The van der Waals surface area contributed by atoms with E-state index in [1.54, 1.807) is 6.26 Å². The molecule has 4 heteroatoms. The van der Waals surface area contributed by atoms with Crippen LogP contribution in [0, 0.1) is 0 Å². The van der Waals surface area contributed by atoms with Crippen molar-refractivity contribution < 1.29 is 4.79 Å². The first-order chi connectivity index (χ1) is 8.16. The summed E-state index contributed by atoms with van der Waals surface area (Å²) in [4.78, 5) is 10.9. The average Bonchev–Trinajstić information content (AvgIpc) is 2.30. The summed E-state index contributed by atoms with van der Waals surface area (Å²) < 4.78 is 0. The van der Waals surface area contributed by atoms with Gasteiger partial charge in [-0.3, -0.25) is 4.79 Å². The summed E-state index contributed by atoms with van der Waals surface area (Å²) in [5, 5.41) is 6.38. The summed E-state index contributed by atoms with van der Waals surface area (Å²) in [5.41, 5.74) is 0. The lowest BCUT2D eigenvalue weighted by atomic mass is 10.1. The molecule has 3 nitrogen and oxygen atoms in total. The van der Waals surface area contributed by atoms with Crippen molar-refractivity contribution in [1.29, 1.82) is 0 Å². The zero-order chi connectivity index (χ0) is 12.9. The molecule has 0 unspecified atom stereocenters. The lowest BCUT2D eigenvalue weighted by molar-refractivity contribution is 0.260. The standard InChI is InChI=1S/C13H28N2OS/c1-12(2)14-10-8-6-4-5-7-9-11-15-13(16)17-3/h12,14H,4-11H2,1-3H3,(H,15,16). The molecule has 0 radical (unpaired) electrons. The highest BCUT2D eigenvalue weighted by atomic mass is 32.2. The normalized spacial score (nSPS) is 10.8. The minimum absolute atomic E-state index is 0.0877. The van der Waals surface area contributed by atoms with Crippen LogP contribution in [0.15, 0.2) is 0 Å². The van der Waals surface area contributed by atoms with Crippen LogP contribution in [0.25, 0.3) is 0 Å². The molecule has 0 fully saturated rings. The predicted octanol–water partition coefficient (Wildman–Crippen LogP) is 3.40. The number of amides is 1. The van der Waals surface area contributed by atoms with Gasteiger partial charge in [-0.25, -0.2) is 0 Å². The van der Waals surface area contributed by atoms with Crippen molar-refractivity contribution in [2.75, 3.05) is 19.3 Å². The molecule has 0 aliphatic carbocycles. The number of hydrogen-bond acceptors (Lipinski definition) is 3. The van der Waals surface area contributed by atoms with Crippen molar-refractivity contribution in [2.24, 2.45) is 0 Å². The number of nitrogens with one attached hydrogen (secondary N) is 2. The fraction of sp³-hybridized carbons (Fsp3) is 0.923. The van der Waals surface area contributed by atoms with Gasteiger partial charge in [0.1, 0.15) is 0 Å². The van der Waals surface area contributed by atoms with Crippen LogP contribution < -0.4 is 10.6 Å². The molecular weight excluding hydrogens is 232 g/mol. The van der Waals surface area contributed by atoms with Crippen molar-refractivity contribution in [3.8, 4) is 0 Å². The number of rotatable bonds is 10. The summed E-state index contributed by atoms with van der Waals surface area (Å²) >= 11 is 1.25. The number of carbonyl (C=O) groups excluding carboxylic acids is 1. The van der Waals surface area contributed by atoms with E-state index in [1.165, 1.54) is 43.9 Å². The van der Waals surface area contributed by atoms with E-state index in [2.05, 4.69) is 24.5 Å². The number of thioether (sulfide) groups is 1. The largest absolute Gasteiger partial charge is 0.347 e. The summed E-state index contributed by atoms with van der Waals surface area (Å²) in [6, 6.07) is 0.607. The maximum Gasteiger partial charge on any atom is 0.278 e. The smallest absolute Gasteiger partial charge is 0.278 e. The van der Waals surface area contributed by atoms with E-state index in [0.29, 0.717) is 6.04 Å². The zero-order valence-electron chi connectivity index (χ0n) is 11.6. The molecule has 1 amide bonds. The van der Waals surface area contributed by atoms with Crippen LogP contribution in [0.4, 0.5) is 4.79 Å². The third kappa shape index (κ3) is 13.7. The van der Waals surface area contributed by atoms with Crippen LogP contribution in [-0.2, 0) is 0 Å². The highest BCUT2D eigenvalue weighted by Gasteiger charge is 1.96. The van der Waals surface area contributed by atoms with Crippen LogP contribution in [0.5, 0.6) is 0 Å². The molecule has 0 spiro atoms. The van der Waals surface area contributed by atoms with E-state index in [1.807, 2.05) is 0 Å². The fourth-order valence-corrected chi connectivity index (χ4v) is 1.86. The first kappa shape index (κ1) is 16.8. The molecule has 17 heavy (non-hydrogen) atoms. The van der Waals surface area contributed by atoms with Gasteiger partial charge >= 0.3 is 0 Å². The molecular formula is C13H28N2OS. The molecule has 0 aliphatic rings. The fourth-order valence-electron chi connectivity index (χ4n) is 1.61. The second kappa shape index (κ2) is 12.2. The molecule has 0 saturated heterocycles. The van der Waals surface area contributed by atoms with E-state index >= 15 is 0 Å². The maximum absolute atomic E-state index is 10.9. The lowest BCUT2D eigenvalue weighted by Crippen LogP contribution is -2.23. The zero-order valence-corrected chi connectivity index (χ0v) is 12.4. The van der Waals surface area contributed by atoms with Gasteiger partial charge in [0.2, 0.25) is 0 Å². The van der Waals surface area contributed by atoms with Crippen molar-refractivity contribution in [1.82, 2.24) is 10.6 Å². The molecule has 0 heterocycles. The SMILES string of the molecule is CSC(=O)NCCCCCCCCNC(C)C. The van der Waals surface area contributed by atoms with Gasteiger partial charge in [0.25, 0.3) is 5.24 Å². The van der Waals surface area contributed by atoms with Gasteiger partial charge in [-0.15, -0.1) is 0 Å². The van der Waals surface area contributed by atoms with E-state index < -0.39 is 0 Å². The van der Waals surface area contributed by atoms with Gasteiger partial charge in [0, 0.05) is 12.6 Å². The first-order valence-corrected chi connectivity index (χ1v) is 7.94. The Labute approximate surface area is 111 Å². The molecule has 102 valence electrons. The van der Waals surface area contributed by atoms with Crippen LogP contribution in [0.1, 0.15) is 52.4 Å². The summed E-state index contributed by atoms with van der Waals surface area (Å²) in [6.07, 6.45) is 9.34. The second-order valence-corrected chi connectivity index (χ2v) is 5.43. The van der Waals surface area contributed by atoms with Gasteiger partial charge in [-0.2, -0.15) is 0 Å². The Morgan fingerprint density at radius 1 is 1.00 bits per heavy atom. The van der Waals surface area contributed by atoms with Gasteiger partial charge in [0.15, 0.2) is 0 Å². The van der Waals surface area contributed by atoms with Crippen molar-refractivity contribution in [3.05, 3.63) is 0 Å². The lowest BCUT2D eigenvalue weighted by Gasteiger charge is -2.07. The summed E-state index contributed by atoms with van der Waals surface area (Å²) in [6.45, 7) is 6.34. The second-order valence-electron chi connectivity index (χ2n) is 4.65. The molecule has 0 rings (SSSR count). The molecule has 0 aromatic heterocycles. The maximum atomic E-state index is 10.9. The Balaban J connectivity index is 3.01. The predicted molar refractivity (Wildman–Crippen MR) is 77.8 cm³/mol. The monoisotopic (exact) mass is 260 g/mol.